The number of pyridine rings is 1. The minimum absolute atomic E-state index is 0.0995. The summed E-state index contributed by atoms with van der Waals surface area (Å²) in [5.74, 6) is -4.73. The summed E-state index contributed by atoms with van der Waals surface area (Å²) in [6, 6.07) is 3.86. The first-order valence-corrected chi connectivity index (χ1v) is 7.05. The molecule has 0 amide bonds. The van der Waals surface area contributed by atoms with Crippen LogP contribution in [0.1, 0.15) is 17.3 Å². The van der Waals surface area contributed by atoms with Crippen molar-refractivity contribution in [3.8, 4) is 0 Å². The highest BCUT2D eigenvalue weighted by Gasteiger charge is 2.19. The van der Waals surface area contributed by atoms with Crippen molar-refractivity contribution in [3.63, 3.8) is 0 Å². The smallest absolute Gasteiger partial charge is 0.202 e. The van der Waals surface area contributed by atoms with Crippen LogP contribution in [0.25, 0.3) is 10.9 Å². The number of benzene rings is 2. The molecule has 0 fully saturated rings. The number of anilines is 2. The molecule has 0 saturated carbocycles. The van der Waals surface area contributed by atoms with E-state index in [0.29, 0.717) is 12.1 Å². The molecule has 0 bridgehead atoms. The first-order chi connectivity index (χ1) is 11.8. The molecule has 8 heteroatoms. The summed E-state index contributed by atoms with van der Waals surface area (Å²) in [6.07, 6.45) is 0. The van der Waals surface area contributed by atoms with Gasteiger partial charge >= 0.3 is 0 Å². The van der Waals surface area contributed by atoms with Gasteiger partial charge in [0.1, 0.15) is 34.7 Å². The van der Waals surface area contributed by atoms with Crippen molar-refractivity contribution >= 4 is 28.2 Å². The SMILES string of the molecule is CC(=O)c1c(Nc2cc(F)cc(F)c2)[nH]c2c(F)cc(F)cc2c1=O. The topological polar surface area (TPSA) is 62.0 Å². The maximum absolute atomic E-state index is 14.0. The van der Waals surface area contributed by atoms with Crippen LogP contribution in [0.3, 0.4) is 0 Å². The number of rotatable bonds is 3. The second-order valence-electron chi connectivity index (χ2n) is 5.35. The van der Waals surface area contributed by atoms with Gasteiger partial charge in [-0.15, -0.1) is 0 Å². The molecule has 0 unspecified atom stereocenters. The molecule has 0 aliphatic carbocycles. The zero-order valence-corrected chi connectivity index (χ0v) is 12.7. The Morgan fingerprint density at radius 3 is 2.16 bits per heavy atom. The Kier molecular flexibility index (Phi) is 4.03. The number of fused-ring (bicyclic) bond motifs is 1. The van der Waals surface area contributed by atoms with Crippen molar-refractivity contribution in [1.29, 1.82) is 0 Å². The predicted octanol–water partition coefficient (Wildman–Crippen LogP) is 4.03. The van der Waals surface area contributed by atoms with Crippen molar-refractivity contribution in [2.45, 2.75) is 6.92 Å². The van der Waals surface area contributed by atoms with Crippen LogP contribution < -0.4 is 10.7 Å². The zero-order chi connectivity index (χ0) is 18.3. The van der Waals surface area contributed by atoms with Crippen molar-refractivity contribution in [2.24, 2.45) is 0 Å². The number of hydrogen-bond acceptors (Lipinski definition) is 3. The lowest BCUT2D eigenvalue weighted by Gasteiger charge is -2.12. The lowest BCUT2D eigenvalue weighted by Crippen LogP contribution is -2.18. The zero-order valence-electron chi connectivity index (χ0n) is 12.7. The van der Waals surface area contributed by atoms with Gasteiger partial charge in [-0.3, -0.25) is 9.59 Å². The number of H-pyrrole nitrogens is 1. The van der Waals surface area contributed by atoms with Gasteiger partial charge in [-0.25, -0.2) is 17.6 Å². The summed E-state index contributed by atoms with van der Waals surface area (Å²) in [7, 11) is 0. The number of halogens is 4. The molecule has 0 radical (unpaired) electrons. The first-order valence-electron chi connectivity index (χ1n) is 7.05. The van der Waals surface area contributed by atoms with Crippen LogP contribution in [0.15, 0.2) is 35.1 Å². The molecule has 4 nitrogen and oxygen atoms in total. The largest absolute Gasteiger partial charge is 0.341 e. The Morgan fingerprint density at radius 1 is 0.960 bits per heavy atom. The number of hydrogen-bond donors (Lipinski definition) is 2. The van der Waals surface area contributed by atoms with E-state index in [4.69, 9.17) is 0 Å². The highest BCUT2D eigenvalue weighted by atomic mass is 19.1. The molecule has 1 heterocycles. The van der Waals surface area contributed by atoms with Crippen LogP contribution in [0.5, 0.6) is 0 Å². The Bertz CT molecular complexity index is 1060. The van der Waals surface area contributed by atoms with Gasteiger partial charge in [-0.1, -0.05) is 0 Å². The number of aromatic amines is 1. The summed E-state index contributed by atoms with van der Waals surface area (Å²) < 4.78 is 54.0. The first kappa shape index (κ1) is 16.7. The van der Waals surface area contributed by atoms with E-state index in [1.165, 1.54) is 0 Å². The Labute approximate surface area is 138 Å². The quantitative estimate of drug-likeness (QED) is 0.554. The normalized spacial score (nSPS) is 10.9. The molecule has 2 aromatic carbocycles. The number of nitrogens with one attached hydrogen (secondary N) is 2. The summed E-state index contributed by atoms with van der Waals surface area (Å²) in [6.45, 7) is 1.09. The third-order valence-electron chi connectivity index (χ3n) is 3.51. The molecule has 0 atom stereocenters. The van der Waals surface area contributed by atoms with Crippen molar-refractivity contribution in [1.82, 2.24) is 4.98 Å². The van der Waals surface area contributed by atoms with Crippen LogP contribution in [0, 0.1) is 23.3 Å². The minimum Gasteiger partial charge on any atom is -0.341 e. The molecule has 0 aliphatic heterocycles. The second-order valence-corrected chi connectivity index (χ2v) is 5.35. The Balaban J connectivity index is 2.28. The standard InChI is InChI=1S/C17H10F4N2O2/c1-7(24)14-16(25)12-5-10(20)6-13(21)15(12)23-17(14)22-11-3-8(18)2-9(19)4-11/h2-6H,1H3,(H2,22,23,25). The highest BCUT2D eigenvalue weighted by Crippen LogP contribution is 2.24. The lowest BCUT2D eigenvalue weighted by molar-refractivity contribution is 0.101. The number of Topliss-reactive ketones (excluding diaryl/α,β-unsaturated/α-hetero) is 1. The summed E-state index contributed by atoms with van der Waals surface area (Å²) in [4.78, 5) is 26.8. The van der Waals surface area contributed by atoms with Crippen molar-refractivity contribution < 1.29 is 22.4 Å². The van der Waals surface area contributed by atoms with E-state index in [2.05, 4.69) is 10.3 Å². The van der Waals surface area contributed by atoms with Crippen LogP contribution >= 0.6 is 0 Å². The van der Waals surface area contributed by atoms with E-state index in [-0.39, 0.29) is 22.4 Å². The van der Waals surface area contributed by atoms with Gasteiger partial charge < -0.3 is 10.3 Å². The number of ketones is 1. The molecule has 2 N–H and O–H groups in total. The van der Waals surface area contributed by atoms with Gasteiger partial charge in [0, 0.05) is 17.8 Å². The van der Waals surface area contributed by atoms with E-state index in [1.54, 1.807) is 0 Å². The van der Waals surface area contributed by atoms with E-state index in [0.717, 1.165) is 25.1 Å². The maximum Gasteiger partial charge on any atom is 0.202 e. The fourth-order valence-corrected chi connectivity index (χ4v) is 2.52. The molecule has 3 aromatic rings. The molecule has 25 heavy (non-hydrogen) atoms. The van der Waals surface area contributed by atoms with Crippen LogP contribution in [-0.4, -0.2) is 10.8 Å². The molecular formula is C17H10F4N2O2. The highest BCUT2D eigenvalue weighted by molar-refractivity contribution is 6.02. The summed E-state index contributed by atoms with van der Waals surface area (Å²) in [5, 5.41) is 2.15. The van der Waals surface area contributed by atoms with Crippen molar-refractivity contribution in [3.05, 3.63) is 69.4 Å². The van der Waals surface area contributed by atoms with Gasteiger partial charge in [-0.05, 0) is 25.1 Å². The van der Waals surface area contributed by atoms with E-state index in [1.807, 2.05) is 0 Å². The number of aromatic nitrogens is 1. The Hall–Kier alpha value is -3.16. The molecule has 0 aliphatic rings. The fourth-order valence-electron chi connectivity index (χ4n) is 2.52. The molecule has 128 valence electrons. The summed E-state index contributed by atoms with van der Waals surface area (Å²) in [5.41, 5.74) is -1.76. The van der Waals surface area contributed by atoms with Crippen LogP contribution in [0.2, 0.25) is 0 Å². The lowest BCUT2D eigenvalue weighted by atomic mass is 10.1. The number of carbonyl (C=O) groups is 1. The molecule has 0 spiro atoms. The minimum atomic E-state index is -1.05. The van der Waals surface area contributed by atoms with E-state index < -0.39 is 40.0 Å². The van der Waals surface area contributed by atoms with Gasteiger partial charge in [0.05, 0.1) is 10.9 Å². The molecule has 3 rings (SSSR count). The second kappa shape index (κ2) is 6.04. The monoisotopic (exact) mass is 350 g/mol. The summed E-state index contributed by atoms with van der Waals surface area (Å²) >= 11 is 0. The number of carbonyl (C=O) groups excluding carboxylic acids is 1. The third kappa shape index (κ3) is 3.10. The molecular weight excluding hydrogens is 340 g/mol. The molecule has 1 aromatic heterocycles. The van der Waals surface area contributed by atoms with Gasteiger partial charge in [0.2, 0.25) is 5.43 Å². The third-order valence-corrected chi connectivity index (χ3v) is 3.51. The average molecular weight is 350 g/mol. The average Bonchev–Trinajstić information content (AvgIpc) is 2.47. The van der Waals surface area contributed by atoms with Crippen LogP contribution in [0.4, 0.5) is 29.1 Å². The van der Waals surface area contributed by atoms with Gasteiger partial charge in [-0.2, -0.15) is 0 Å². The Morgan fingerprint density at radius 2 is 1.56 bits per heavy atom. The fraction of sp³-hybridized carbons (Fsp3) is 0.0588. The van der Waals surface area contributed by atoms with E-state index >= 15 is 0 Å². The van der Waals surface area contributed by atoms with E-state index in [9.17, 15) is 27.2 Å². The van der Waals surface area contributed by atoms with Gasteiger partial charge in [0.25, 0.3) is 0 Å². The predicted molar refractivity (Wildman–Crippen MR) is 84.1 cm³/mol. The maximum atomic E-state index is 14.0. The van der Waals surface area contributed by atoms with Gasteiger partial charge in [0.15, 0.2) is 5.78 Å². The molecule has 0 saturated heterocycles. The van der Waals surface area contributed by atoms with Crippen LogP contribution in [-0.2, 0) is 0 Å². The van der Waals surface area contributed by atoms with Crippen molar-refractivity contribution in [2.75, 3.05) is 5.32 Å².